The molecule has 0 aliphatic carbocycles. The zero-order chi connectivity index (χ0) is 9.84. The Morgan fingerprint density at radius 3 is 2.85 bits per heavy atom. The molecule has 0 aliphatic heterocycles. The van der Waals surface area contributed by atoms with Crippen molar-refractivity contribution in [3.8, 4) is 0 Å². The topological polar surface area (TPSA) is 12.0 Å². The van der Waals surface area contributed by atoms with Crippen LogP contribution in [0.3, 0.4) is 0 Å². The van der Waals surface area contributed by atoms with E-state index in [4.69, 9.17) is 23.2 Å². The van der Waals surface area contributed by atoms with E-state index < -0.39 is 5.82 Å². The number of hydrogen-bond acceptors (Lipinski definition) is 1. The highest BCUT2D eigenvalue weighted by Gasteiger charge is 2.04. The Bertz CT molecular complexity index is 325. The smallest absolute Gasteiger partial charge is 0.143 e. The van der Waals surface area contributed by atoms with Crippen molar-refractivity contribution in [2.24, 2.45) is 0 Å². The molecule has 0 fully saturated rings. The third-order valence-corrected chi connectivity index (χ3v) is 1.94. The van der Waals surface area contributed by atoms with Crippen LogP contribution in [0.15, 0.2) is 29.8 Å². The van der Waals surface area contributed by atoms with E-state index in [-0.39, 0.29) is 5.02 Å². The van der Waals surface area contributed by atoms with Crippen LogP contribution < -0.4 is 5.32 Å². The van der Waals surface area contributed by atoms with Crippen LogP contribution in [0.4, 0.5) is 10.1 Å². The van der Waals surface area contributed by atoms with Crippen LogP contribution >= 0.6 is 23.2 Å². The maximum absolute atomic E-state index is 12.9. The summed E-state index contributed by atoms with van der Waals surface area (Å²) in [7, 11) is 0. The molecule has 4 heteroatoms. The number of benzene rings is 1. The SMILES string of the molecule is C=C(Cl)CNc1cccc(F)c1Cl. The van der Waals surface area contributed by atoms with Crippen LogP contribution in [0, 0.1) is 5.82 Å². The van der Waals surface area contributed by atoms with Gasteiger partial charge in [0.2, 0.25) is 0 Å². The molecule has 1 nitrogen and oxygen atoms in total. The number of rotatable bonds is 3. The van der Waals surface area contributed by atoms with Crippen LogP contribution in [0.25, 0.3) is 0 Å². The fraction of sp³-hybridized carbons (Fsp3) is 0.111. The second kappa shape index (κ2) is 4.49. The summed E-state index contributed by atoms with van der Waals surface area (Å²) >= 11 is 11.2. The van der Waals surface area contributed by atoms with E-state index in [9.17, 15) is 4.39 Å². The van der Waals surface area contributed by atoms with E-state index in [1.54, 1.807) is 12.1 Å². The highest BCUT2D eigenvalue weighted by Crippen LogP contribution is 2.24. The van der Waals surface area contributed by atoms with Gasteiger partial charge in [-0.1, -0.05) is 35.8 Å². The lowest BCUT2D eigenvalue weighted by Crippen LogP contribution is -2.01. The molecule has 0 aromatic heterocycles. The first kappa shape index (κ1) is 10.4. The molecule has 1 aromatic rings. The molecule has 1 aromatic carbocycles. The molecule has 0 heterocycles. The van der Waals surface area contributed by atoms with Crippen molar-refractivity contribution >= 4 is 28.9 Å². The summed E-state index contributed by atoms with van der Waals surface area (Å²) in [5.74, 6) is -0.452. The third-order valence-electron chi connectivity index (χ3n) is 1.42. The quantitative estimate of drug-likeness (QED) is 0.819. The van der Waals surface area contributed by atoms with Crippen molar-refractivity contribution in [1.82, 2.24) is 0 Å². The summed E-state index contributed by atoms with van der Waals surface area (Å²) in [6.45, 7) is 3.85. The lowest BCUT2D eigenvalue weighted by molar-refractivity contribution is 0.628. The summed E-state index contributed by atoms with van der Waals surface area (Å²) in [5, 5.41) is 3.36. The van der Waals surface area contributed by atoms with E-state index in [0.29, 0.717) is 17.3 Å². The fourth-order valence-corrected chi connectivity index (χ4v) is 1.09. The van der Waals surface area contributed by atoms with Crippen molar-refractivity contribution in [2.75, 3.05) is 11.9 Å². The Morgan fingerprint density at radius 2 is 2.23 bits per heavy atom. The van der Waals surface area contributed by atoms with Gasteiger partial charge in [-0.05, 0) is 12.1 Å². The van der Waals surface area contributed by atoms with Gasteiger partial charge in [-0.25, -0.2) is 4.39 Å². The summed E-state index contributed by atoms with van der Waals surface area (Å²) < 4.78 is 12.9. The first-order valence-electron chi connectivity index (χ1n) is 3.62. The molecule has 0 aliphatic rings. The maximum Gasteiger partial charge on any atom is 0.143 e. The summed E-state index contributed by atoms with van der Waals surface area (Å²) in [5.41, 5.74) is 0.517. The van der Waals surface area contributed by atoms with Crippen LogP contribution in [0.1, 0.15) is 0 Å². The van der Waals surface area contributed by atoms with Gasteiger partial charge in [-0.15, -0.1) is 0 Å². The van der Waals surface area contributed by atoms with Crippen molar-refractivity contribution in [2.45, 2.75) is 0 Å². The predicted octanol–water partition coefficient (Wildman–Crippen LogP) is 3.64. The molecule has 70 valence electrons. The number of hydrogen-bond donors (Lipinski definition) is 1. The molecule has 1 N–H and O–H groups in total. The Kier molecular flexibility index (Phi) is 3.58. The lowest BCUT2D eigenvalue weighted by Gasteiger charge is -2.06. The van der Waals surface area contributed by atoms with Gasteiger partial charge in [-0.3, -0.25) is 0 Å². The first-order chi connectivity index (χ1) is 6.11. The van der Waals surface area contributed by atoms with Crippen LogP contribution in [0.2, 0.25) is 5.02 Å². The lowest BCUT2D eigenvalue weighted by atomic mass is 10.3. The molecule has 13 heavy (non-hydrogen) atoms. The van der Waals surface area contributed by atoms with Gasteiger partial charge in [0.05, 0.1) is 17.3 Å². The Balaban J connectivity index is 2.77. The van der Waals surface area contributed by atoms with Gasteiger partial charge in [0.1, 0.15) is 5.82 Å². The number of nitrogens with one attached hydrogen (secondary N) is 1. The van der Waals surface area contributed by atoms with Crippen LogP contribution in [-0.4, -0.2) is 6.54 Å². The summed E-state index contributed by atoms with van der Waals surface area (Å²) in [6, 6.07) is 4.54. The number of halogens is 3. The predicted molar refractivity (Wildman–Crippen MR) is 54.9 cm³/mol. The second-order valence-electron chi connectivity index (χ2n) is 2.47. The largest absolute Gasteiger partial charge is 0.379 e. The van der Waals surface area contributed by atoms with Gasteiger partial charge in [0.15, 0.2) is 0 Å². The van der Waals surface area contributed by atoms with Crippen molar-refractivity contribution in [3.63, 3.8) is 0 Å². The van der Waals surface area contributed by atoms with E-state index in [1.807, 2.05) is 0 Å². The molecule has 0 spiro atoms. The normalized spacial score (nSPS) is 9.77. The molecule has 0 atom stereocenters. The molecule has 1 rings (SSSR count). The number of anilines is 1. The van der Waals surface area contributed by atoms with Gasteiger partial charge >= 0.3 is 0 Å². The van der Waals surface area contributed by atoms with Gasteiger partial charge in [-0.2, -0.15) is 0 Å². The van der Waals surface area contributed by atoms with E-state index >= 15 is 0 Å². The third kappa shape index (κ3) is 2.90. The van der Waals surface area contributed by atoms with Crippen LogP contribution in [-0.2, 0) is 0 Å². The molecular weight excluding hydrogens is 212 g/mol. The zero-order valence-electron chi connectivity index (χ0n) is 6.78. The monoisotopic (exact) mass is 219 g/mol. The molecule has 0 saturated heterocycles. The Labute approximate surface area is 86.2 Å². The zero-order valence-corrected chi connectivity index (χ0v) is 8.29. The minimum atomic E-state index is -0.452. The van der Waals surface area contributed by atoms with E-state index in [0.717, 1.165) is 0 Å². The average Bonchev–Trinajstić information content (AvgIpc) is 2.07. The standard InChI is InChI=1S/C9H8Cl2FN/c1-6(10)5-13-8-4-2-3-7(12)9(8)11/h2-4,13H,1,5H2. The van der Waals surface area contributed by atoms with Crippen molar-refractivity contribution < 1.29 is 4.39 Å². The molecule has 0 radical (unpaired) electrons. The molecule has 0 unspecified atom stereocenters. The molecule has 0 bridgehead atoms. The second-order valence-corrected chi connectivity index (χ2v) is 3.38. The minimum Gasteiger partial charge on any atom is -0.379 e. The van der Waals surface area contributed by atoms with E-state index in [1.165, 1.54) is 6.07 Å². The summed E-state index contributed by atoms with van der Waals surface area (Å²) in [6.07, 6.45) is 0. The maximum atomic E-state index is 12.9. The van der Waals surface area contributed by atoms with E-state index in [2.05, 4.69) is 11.9 Å². The fourth-order valence-electron chi connectivity index (χ4n) is 0.831. The van der Waals surface area contributed by atoms with Gasteiger partial charge in [0.25, 0.3) is 0 Å². The summed E-state index contributed by atoms with van der Waals surface area (Å²) in [4.78, 5) is 0. The average molecular weight is 220 g/mol. The molecule has 0 saturated carbocycles. The highest BCUT2D eigenvalue weighted by molar-refractivity contribution is 6.33. The van der Waals surface area contributed by atoms with Crippen LogP contribution in [0.5, 0.6) is 0 Å². The highest BCUT2D eigenvalue weighted by atomic mass is 35.5. The van der Waals surface area contributed by atoms with Crippen molar-refractivity contribution in [3.05, 3.63) is 40.7 Å². The molecular formula is C9H8Cl2FN. The van der Waals surface area contributed by atoms with Gasteiger partial charge in [0, 0.05) is 5.03 Å². The molecule has 0 amide bonds. The first-order valence-corrected chi connectivity index (χ1v) is 4.38. The Hall–Kier alpha value is -0.730. The van der Waals surface area contributed by atoms with Crippen molar-refractivity contribution in [1.29, 1.82) is 0 Å². The minimum absolute atomic E-state index is 0.0698. The Morgan fingerprint density at radius 1 is 1.54 bits per heavy atom. The van der Waals surface area contributed by atoms with Gasteiger partial charge < -0.3 is 5.32 Å².